The second kappa shape index (κ2) is 7.52. The number of nitrogens with zero attached hydrogens (tertiary/aromatic N) is 1. The van der Waals surface area contributed by atoms with E-state index in [1.165, 1.54) is 6.92 Å². The summed E-state index contributed by atoms with van der Waals surface area (Å²) in [7, 11) is 0. The van der Waals surface area contributed by atoms with Crippen LogP contribution in [0.3, 0.4) is 0 Å². The van der Waals surface area contributed by atoms with E-state index in [0.29, 0.717) is 13.1 Å². The highest BCUT2D eigenvalue weighted by molar-refractivity contribution is 6.47. The normalized spacial score (nSPS) is 11.0. The Morgan fingerprint density at radius 2 is 1.36 bits per heavy atom. The zero-order chi connectivity index (χ0) is 16.0. The van der Waals surface area contributed by atoms with Crippen LogP contribution in [-0.4, -0.2) is 15.5 Å². The van der Waals surface area contributed by atoms with Crippen molar-refractivity contribution >= 4 is 29.3 Å². The molecule has 0 spiro atoms. The fraction of sp³-hybridized carbons (Fsp3) is 0.235. The van der Waals surface area contributed by atoms with Gasteiger partial charge in [-0.3, -0.25) is 4.90 Å². The number of benzene rings is 2. The number of alkyl halides is 2. The third kappa shape index (κ3) is 5.58. The number of amides is 1. The van der Waals surface area contributed by atoms with Crippen LogP contribution < -0.4 is 0 Å². The van der Waals surface area contributed by atoms with Crippen LogP contribution in [0, 0.1) is 0 Å². The monoisotopic (exact) mass is 337 g/mol. The molecular formula is C17H17Cl2NO2. The predicted molar refractivity (Wildman–Crippen MR) is 88.7 cm³/mol. The van der Waals surface area contributed by atoms with Crippen molar-refractivity contribution < 1.29 is 9.53 Å². The predicted octanol–water partition coefficient (Wildman–Crippen LogP) is 4.98. The van der Waals surface area contributed by atoms with Crippen LogP contribution in [0.2, 0.25) is 0 Å². The second-order valence-corrected chi connectivity index (χ2v) is 6.64. The van der Waals surface area contributed by atoms with E-state index >= 15 is 0 Å². The molecule has 2 aromatic carbocycles. The number of ether oxygens (including phenoxy) is 1. The van der Waals surface area contributed by atoms with Crippen molar-refractivity contribution in [1.82, 2.24) is 4.90 Å². The van der Waals surface area contributed by atoms with Gasteiger partial charge in [0.1, 0.15) is 0 Å². The van der Waals surface area contributed by atoms with Gasteiger partial charge in [0, 0.05) is 20.0 Å². The molecule has 5 heteroatoms. The summed E-state index contributed by atoms with van der Waals surface area (Å²) in [5.41, 5.74) is 2.00. The lowest BCUT2D eigenvalue weighted by Gasteiger charge is -2.25. The molecule has 0 saturated heterocycles. The standard InChI is InChI=1S/C17H17Cl2NO2/c1-17(18,19)22-16(21)20(12-14-8-4-2-5-9-14)13-15-10-6-3-7-11-15/h2-11H,12-13H2,1H3. The first-order valence-electron chi connectivity index (χ1n) is 6.87. The second-order valence-electron chi connectivity index (χ2n) is 5.00. The molecule has 0 aliphatic rings. The van der Waals surface area contributed by atoms with E-state index in [4.69, 9.17) is 27.9 Å². The van der Waals surface area contributed by atoms with Gasteiger partial charge in [-0.15, -0.1) is 0 Å². The molecule has 0 unspecified atom stereocenters. The van der Waals surface area contributed by atoms with Crippen LogP contribution in [0.15, 0.2) is 60.7 Å². The molecule has 0 heterocycles. The lowest BCUT2D eigenvalue weighted by molar-refractivity contribution is 0.0779. The Morgan fingerprint density at radius 1 is 0.955 bits per heavy atom. The molecule has 0 fully saturated rings. The van der Waals surface area contributed by atoms with E-state index < -0.39 is 10.6 Å². The molecule has 0 aliphatic heterocycles. The summed E-state index contributed by atoms with van der Waals surface area (Å²) in [6, 6.07) is 19.4. The minimum atomic E-state index is -1.55. The summed E-state index contributed by atoms with van der Waals surface area (Å²) in [5, 5.41) is 0. The highest BCUT2D eigenvalue weighted by atomic mass is 35.5. The molecule has 0 atom stereocenters. The Labute approximate surface area is 140 Å². The molecule has 0 radical (unpaired) electrons. The van der Waals surface area contributed by atoms with Crippen molar-refractivity contribution in [2.75, 3.05) is 0 Å². The molecular weight excluding hydrogens is 321 g/mol. The third-order valence-electron chi connectivity index (χ3n) is 2.96. The summed E-state index contributed by atoms with van der Waals surface area (Å²) in [6.45, 7) is 2.24. The molecule has 0 aliphatic carbocycles. The summed E-state index contributed by atoms with van der Waals surface area (Å²) in [6.07, 6.45) is -0.555. The molecule has 0 bridgehead atoms. The van der Waals surface area contributed by atoms with Crippen molar-refractivity contribution in [3.05, 3.63) is 71.8 Å². The zero-order valence-corrected chi connectivity index (χ0v) is 13.7. The van der Waals surface area contributed by atoms with Gasteiger partial charge < -0.3 is 4.74 Å². The number of rotatable bonds is 5. The first kappa shape index (κ1) is 16.7. The zero-order valence-electron chi connectivity index (χ0n) is 12.2. The highest BCUT2D eigenvalue weighted by Gasteiger charge is 2.26. The summed E-state index contributed by atoms with van der Waals surface area (Å²) in [4.78, 5) is 13.9. The maximum absolute atomic E-state index is 12.3. The van der Waals surface area contributed by atoms with Gasteiger partial charge in [-0.25, -0.2) is 4.79 Å². The van der Waals surface area contributed by atoms with Crippen molar-refractivity contribution in [3.8, 4) is 0 Å². The van der Waals surface area contributed by atoms with E-state index in [-0.39, 0.29) is 0 Å². The van der Waals surface area contributed by atoms with Crippen molar-refractivity contribution in [1.29, 1.82) is 0 Å². The van der Waals surface area contributed by atoms with E-state index in [1.807, 2.05) is 60.7 Å². The molecule has 2 rings (SSSR count). The molecule has 0 saturated carbocycles. The fourth-order valence-corrected chi connectivity index (χ4v) is 2.14. The Balaban J connectivity index is 2.14. The van der Waals surface area contributed by atoms with Gasteiger partial charge in [0.15, 0.2) is 0 Å². The van der Waals surface area contributed by atoms with Crippen molar-refractivity contribution in [2.45, 2.75) is 24.5 Å². The van der Waals surface area contributed by atoms with E-state index in [1.54, 1.807) is 4.90 Å². The smallest absolute Gasteiger partial charge is 0.413 e. The summed E-state index contributed by atoms with van der Waals surface area (Å²) < 4.78 is 3.51. The number of hydrogen-bond acceptors (Lipinski definition) is 2. The number of halogens is 2. The lowest BCUT2D eigenvalue weighted by Crippen LogP contribution is -2.34. The van der Waals surface area contributed by atoms with Gasteiger partial charge in [0.2, 0.25) is 0 Å². The van der Waals surface area contributed by atoms with Gasteiger partial charge in [-0.1, -0.05) is 83.9 Å². The largest absolute Gasteiger partial charge is 0.413 e. The van der Waals surface area contributed by atoms with Gasteiger partial charge in [-0.2, -0.15) is 0 Å². The fourth-order valence-electron chi connectivity index (χ4n) is 2.01. The summed E-state index contributed by atoms with van der Waals surface area (Å²) >= 11 is 11.5. The number of carbonyl (C=O) groups is 1. The van der Waals surface area contributed by atoms with Gasteiger partial charge in [0.25, 0.3) is 4.52 Å². The minimum absolute atomic E-state index is 0.415. The quantitative estimate of drug-likeness (QED) is 0.720. The topological polar surface area (TPSA) is 29.5 Å². The first-order chi connectivity index (χ1) is 10.4. The molecule has 3 nitrogen and oxygen atoms in total. The first-order valence-corrected chi connectivity index (χ1v) is 7.63. The molecule has 1 amide bonds. The van der Waals surface area contributed by atoms with Crippen LogP contribution in [-0.2, 0) is 17.8 Å². The third-order valence-corrected chi connectivity index (χ3v) is 3.11. The molecule has 116 valence electrons. The maximum atomic E-state index is 12.3. The summed E-state index contributed by atoms with van der Waals surface area (Å²) in [5.74, 6) is 0. The van der Waals surface area contributed by atoms with E-state index in [2.05, 4.69) is 0 Å². The highest BCUT2D eigenvalue weighted by Crippen LogP contribution is 2.23. The van der Waals surface area contributed by atoms with Gasteiger partial charge in [-0.05, 0) is 11.1 Å². The number of hydrogen-bond donors (Lipinski definition) is 0. The minimum Gasteiger partial charge on any atom is -0.413 e. The Hall–Kier alpha value is -1.71. The lowest BCUT2D eigenvalue weighted by atomic mass is 10.2. The maximum Gasteiger partial charge on any atom is 0.413 e. The van der Waals surface area contributed by atoms with Crippen LogP contribution in [0.25, 0.3) is 0 Å². The molecule has 2 aromatic rings. The Morgan fingerprint density at radius 3 is 1.73 bits per heavy atom. The van der Waals surface area contributed by atoms with Crippen molar-refractivity contribution in [2.24, 2.45) is 0 Å². The molecule has 0 N–H and O–H groups in total. The van der Waals surface area contributed by atoms with E-state index in [9.17, 15) is 4.79 Å². The number of carbonyl (C=O) groups excluding carboxylic acids is 1. The average Bonchev–Trinajstić information content (AvgIpc) is 2.47. The SMILES string of the molecule is CC(Cl)(Cl)OC(=O)N(Cc1ccccc1)Cc1ccccc1. The van der Waals surface area contributed by atoms with Crippen LogP contribution in [0.4, 0.5) is 4.79 Å². The Kier molecular flexibility index (Phi) is 5.69. The van der Waals surface area contributed by atoms with Crippen molar-refractivity contribution in [3.63, 3.8) is 0 Å². The van der Waals surface area contributed by atoms with E-state index in [0.717, 1.165) is 11.1 Å². The Bertz CT molecular complexity index is 556. The average molecular weight is 338 g/mol. The van der Waals surface area contributed by atoms with Gasteiger partial charge >= 0.3 is 6.09 Å². The molecule has 0 aromatic heterocycles. The van der Waals surface area contributed by atoms with Crippen LogP contribution >= 0.6 is 23.2 Å². The molecule has 22 heavy (non-hydrogen) atoms. The van der Waals surface area contributed by atoms with Crippen LogP contribution in [0.1, 0.15) is 18.1 Å². The van der Waals surface area contributed by atoms with Crippen LogP contribution in [0.5, 0.6) is 0 Å². The van der Waals surface area contributed by atoms with Gasteiger partial charge in [0.05, 0.1) is 0 Å².